The standard InChI is InChI=1S/C17H18O3S/c1-13-9-7-8-12-15(13)21(19,20)17(2,3)16(18)14-10-5-4-6-11-14/h4-12H,1-3H3. The van der Waals surface area contributed by atoms with Gasteiger partial charge < -0.3 is 0 Å². The fourth-order valence-electron chi connectivity index (χ4n) is 2.19. The predicted molar refractivity (Wildman–Crippen MR) is 83.2 cm³/mol. The number of carbonyl (C=O) groups is 1. The maximum Gasteiger partial charge on any atom is 0.191 e. The quantitative estimate of drug-likeness (QED) is 0.813. The zero-order chi connectivity index (χ0) is 15.7. The Bertz CT molecular complexity index is 760. The van der Waals surface area contributed by atoms with Gasteiger partial charge in [0, 0.05) is 5.56 Å². The van der Waals surface area contributed by atoms with Crippen molar-refractivity contribution in [2.75, 3.05) is 0 Å². The van der Waals surface area contributed by atoms with Crippen molar-refractivity contribution in [1.82, 2.24) is 0 Å². The second-order valence-corrected chi connectivity index (χ2v) is 7.94. The Morgan fingerprint density at radius 1 is 0.905 bits per heavy atom. The number of carbonyl (C=O) groups excluding carboxylic acids is 1. The highest BCUT2D eigenvalue weighted by Crippen LogP contribution is 2.30. The lowest BCUT2D eigenvalue weighted by atomic mass is 10.0. The van der Waals surface area contributed by atoms with Gasteiger partial charge in [0.05, 0.1) is 4.90 Å². The average Bonchev–Trinajstić information content (AvgIpc) is 2.47. The third-order valence-corrected chi connectivity index (χ3v) is 6.20. The topological polar surface area (TPSA) is 51.2 Å². The molecule has 0 fully saturated rings. The molecule has 0 aromatic heterocycles. The van der Waals surface area contributed by atoms with Gasteiger partial charge in [-0.1, -0.05) is 48.5 Å². The van der Waals surface area contributed by atoms with E-state index in [9.17, 15) is 13.2 Å². The van der Waals surface area contributed by atoms with E-state index < -0.39 is 20.4 Å². The molecule has 0 spiro atoms. The van der Waals surface area contributed by atoms with Crippen molar-refractivity contribution in [3.05, 3.63) is 65.7 Å². The van der Waals surface area contributed by atoms with Crippen molar-refractivity contribution in [2.24, 2.45) is 0 Å². The Morgan fingerprint density at radius 2 is 1.43 bits per heavy atom. The number of sulfone groups is 1. The van der Waals surface area contributed by atoms with Crippen LogP contribution in [0.1, 0.15) is 29.8 Å². The van der Waals surface area contributed by atoms with Crippen LogP contribution >= 0.6 is 0 Å². The maximum absolute atomic E-state index is 12.9. The monoisotopic (exact) mass is 302 g/mol. The zero-order valence-electron chi connectivity index (χ0n) is 12.3. The Balaban J connectivity index is 2.53. The Morgan fingerprint density at radius 3 is 2.00 bits per heavy atom. The summed E-state index contributed by atoms with van der Waals surface area (Å²) < 4.78 is 24.2. The van der Waals surface area contributed by atoms with E-state index in [2.05, 4.69) is 0 Å². The van der Waals surface area contributed by atoms with Gasteiger partial charge >= 0.3 is 0 Å². The predicted octanol–water partition coefficient (Wildman–Crippen LogP) is 3.43. The number of hydrogen-bond acceptors (Lipinski definition) is 3. The van der Waals surface area contributed by atoms with Crippen molar-refractivity contribution in [1.29, 1.82) is 0 Å². The van der Waals surface area contributed by atoms with Crippen LogP contribution in [0.15, 0.2) is 59.5 Å². The number of hydrogen-bond donors (Lipinski definition) is 0. The largest absolute Gasteiger partial charge is 0.292 e. The van der Waals surface area contributed by atoms with Crippen molar-refractivity contribution >= 4 is 15.6 Å². The molecule has 0 atom stereocenters. The van der Waals surface area contributed by atoms with Crippen LogP contribution in [0, 0.1) is 6.92 Å². The molecule has 2 rings (SSSR count). The summed E-state index contributed by atoms with van der Waals surface area (Å²) in [5.41, 5.74) is 1.05. The van der Waals surface area contributed by atoms with E-state index in [0.717, 1.165) is 0 Å². The van der Waals surface area contributed by atoms with Crippen LogP contribution in [-0.4, -0.2) is 18.9 Å². The van der Waals surface area contributed by atoms with Crippen LogP contribution in [-0.2, 0) is 9.84 Å². The van der Waals surface area contributed by atoms with E-state index in [1.54, 1.807) is 61.5 Å². The van der Waals surface area contributed by atoms with Gasteiger partial charge in [0.25, 0.3) is 0 Å². The van der Waals surface area contributed by atoms with Gasteiger partial charge in [0.1, 0.15) is 4.75 Å². The first-order chi connectivity index (χ1) is 9.78. The Labute approximate surface area is 125 Å². The summed E-state index contributed by atoms with van der Waals surface area (Å²) in [5, 5.41) is 0. The number of rotatable bonds is 4. The summed E-state index contributed by atoms with van der Waals surface area (Å²) in [6.45, 7) is 4.66. The van der Waals surface area contributed by atoms with E-state index in [1.165, 1.54) is 13.8 Å². The van der Waals surface area contributed by atoms with E-state index in [-0.39, 0.29) is 4.90 Å². The molecule has 0 saturated heterocycles. The molecule has 21 heavy (non-hydrogen) atoms. The number of benzene rings is 2. The molecule has 110 valence electrons. The fourth-order valence-corrected chi connectivity index (χ4v) is 3.85. The lowest BCUT2D eigenvalue weighted by Gasteiger charge is -2.24. The number of ketones is 1. The van der Waals surface area contributed by atoms with Crippen LogP contribution in [0.4, 0.5) is 0 Å². The molecule has 3 nitrogen and oxygen atoms in total. The third-order valence-electron chi connectivity index (χ3n) is 3.64. The summed E-state index contributed by atoms with van der Waals surface area (Å²) in [7, 11) is -3.77. The fraction of sp³-hybridized carbons (Fsp3) is 0.235. The molecule has 0 bridgehead atoms. The van der Waals surface area contributed by atoms with Crippen LogP contribution in [0.5, 0.6) is 0 Å². The molecule has 0 amide bonds. The summed E-state index contributed by atoms with van der Waals surface area (Å²) in [6, 6.07) is 15.2. The van der Waals surface area contributed by atoms with Gasteiger partial charge in [0.2, 0.25) is 0 Å². The minimum Gasteiger partial charge on any atom is -0.292 e. The van der Waals surface area contributed by atoms with Crippen molar-refractivity contribution in [2.45, 2.75) is 30.4 Å². The molecule has 2 aromatic carbocycles. The molecule has 0 aliphatic rings. The molecule has 0 heterocycles. The van der Waals surface area contributed by atoms with Gasteiger partial charge in [-0.2, -0.15) is 0 Å². The lowest BCUT2D eigenvalue weighted by molar-refractivity contribution is 0.0953. The lowest BCUT2D eigenvalue weighted by Crippen LogP contribution is -2.41. The SMILES string of the molecule is Cc1ccccc1S(=O)(=O)C(C)(C)C(=O)c1ccccc1. The van der Waals surface area contributed by atoms with Crippen molar-refractivity contribution in [3.63, 3.8) is 0 Å². The van der Waals surface area contributed by atoms with E-state index in [0.29, 0.717) is 11.1 Å². The van der Waals surface area contributed by atoms with Crippen molar-refractivity contribution in [3.8, 4) is 0 Å². The molecule has 0 N–H and O–H groups in total. The highest BCUT2D eigenvalue weighted by Gasteiger charge is 2.43. The molecule has 0 unspecified atom stereocenters. The average molecular weight is 302 g/mol. The van der Waals surface area contributed by atoms with E-state index in [4.69, 9.17) is 0 Å². The number of Topliss-reactive ketones (excluding diaryl/α,β-unsaturated/α-hetero) is 1. The normalized spacial score (nSPS) is 12.1. The second kappa shape index (κ2) is 5.45. The van der Waals surface area contributed by atoms with Crippen LogP contribution in [0.3, 0.4) is 0 Å². The highest BCUT2D eigenvalue weighted by molar-refractivity contribution is 7.93. The molecular weight excluding hydrogens is 284 g/mol. The van der Waals surface area contributed by atoms with Crippen LogP contribution in [0.25, 0.3) is 0 Å². The molecule has 0 saturated carbocycles. The molecule has 0 radical (unpaired) electrons. The smallest absolute Gasteiger partial charge is 0.191 e. The first kappa shape index (κ1) is 15.4. The summed E-state index contributed by atoms with van der Waals surface area (Å²) >= 11 is 0. The number of aryl methyl sites for hydroxylation is 1. The van der Waals surface area contributed by atoms with Gasteiger partial charge in [-0.3, -0.25) is 4.79 Å². The first-order valence-corrected chi connectivity index (χ1v) is 8.17. The van der Waals surface area contributed by atoms with E-state index >= 15 is 0 Å². The Hall–Kier alpha value is -1.94. The van der Waals surface area contributed by atoms with Gasteiger partial charge in [-0.25, -0.2) is 8.42 Å². The van der Waals surface area contributed by atoms with Gasteiger partial charge in [0.15, 0.2) is 15.6 Å². The van der Waals surface area contributed by atoms with Crippen molar-refractivity contribution < 1.29 is 13.2 Å². The van der Waals surface area contributed by atoms with Crippen LogP contribution in [0.2, 0.25) is 0 Å². The molecule has 2 aromatic rings. The molecule has 0 aliphatic carbocycles. The summed E-state index contributed by atoms with van der Waals surface area (Å²) in [6.07, 6.45) is 0. The molecule has 0 aliphatic heterocycles. The second-order valence-electron chi connectivity index (χ2n) is 5.47. The third kappa shape index (κ3) is 2.63. The Kier molecular flexibility index (Phi) is 4.01. The minimum absolute atomic E-state index is 0.208. The summed E-state index contributed by atoms with van der Waals surface area (Å²) in [5.74, 6) is -0.397. The van der Waals surface area contributed by atoms with Crippen LogP contribution < -0.4 is 0 Å². The minimum atomic E-state index is -3.77. The zero-order valence-corrected chi connectivity index (χ0v) is 13.1. The van der Waals surface area contributed by atoms with Gasteiger partial charge in [-0.05, 0) is 32.4 Å². The maximum atomic E-state index is 12.9. The first-order valence-electron chi connectivity index (χ1n) is 6.68. The van der Waals surface area contributed by atoms with E-state index in [1.807, 2.05) is 0 Å². The molecular formula is C17H18O3S. The molecule has 4 heteroatoms. The van der Waals surface area contributed by atoms with Gasteiger partial charge in [-0.15, -0.1) is 0 Å². The summed E-state index contributed by atoms with van der Waals surface area (Å²) in [4.78, 5) is 12.8. The highest BCUT2D eigenvalue weighted by atomic mass is 32.2.